The summed E-state index contributed by atoms with van der Waals surface area (Å²) in [6, 6.07) is 10.5. The molecule has 0 bridgehead atoms. The molecular formula is C22H21ClF2N4O. The molecule has 156 valence electrons. The second kappa shape index (κ2) is 7.49. The van der Waals surface area contributed by atoms with Crippen molar-refractivity contribution in [3.05, 3.63) is 64.9 Å². The van der Waals surface area contributed by atoms with E-state index in [1.807, 2.05) is 18.4 Å². The molecule has 3 aromatic rings. The van der Waals surface area contributed by atoms with Gasteiger partial charge in [0.1, 0.15) is 17.5 Å². The summed E-state index contributed by atoms with van der Waals surface area (Å²) < 4.78 is 29.3. The fourth-order valence-electron chi connectivity index (χ4n) is 4.03. The normalized spacial score (nSPS) is 15.2. The lowest BCUT2D eigenvalue weighted by atomic mass is 9.98. The zero-order valence-electron chi connectivity index (χ0n) is 16.6. The van der Waals surface area contributed by atoms with Crippen LogP contribution in [0.3, 0.4) is 0 Å². The van der Waals surface area contributed by atoms with E-state index in [0.717, 1.165) is 5.69 Å². The van der Waals surface area contributed by atoms with Crippen LogP contribution in [0.1, 0.15) is 19.7 Å². The smallest absolute Gasteiger partial charge is 0.237 e. The molecule has 2 heterocycles. The lowest BCUT2D eigenvalue weighted by Crippen LogP contribution is -2.53. The minimum Gasteiger partial charge on any atom is -0.327 e. The Morgan fingerprint density at radius 2 is 1.80 bits per heavy atom. The second-order valence-electron chi connectivity index (χ2n) is 7.73. The van der Waals surface area contributed by atoms with Crippen molar-refractivity contribution in [1.29, 1.82) is 0 Å². The third-order valence-electron chi connectivity index (χ3n) is 5.52. The highest BCUT2D eigenvalue weighted by Gasteiger charge is 2.41. The van der Waals surface area contributed by atoms with Crippen LogP contribution in [0, 0.1) is 11.6 Å². The minimum absolute atomic E-state index is 0.00288. The molecule has 1 aliphatic heterocycles. The maximum Gasteiger partial charge on any atom is 0.237 e. The summed E-state index contributed by atoms with van der Waals surface area (Å²) in [4.78, 5) is 19.0. The standard InChI is InChI=1S/C22H21ClF2N4O/c1-22(2)21-27-19(13-3-6-15(24)7-4-13)20(14-5-8-17(25)16(23)11-14)28(21)9-10-29(22)18(30)12-26/h3-8,11H,9-10,12,26H2,1-2H3. The number of hydrogen-bond donors (Lipinski definition) is 1. The van der Waals surface area contributed by atoms with Crippen LogP contribution in [0.5, 0.6) is 0 Å². The van der Waals surface area contributed by atoms with Gasteiger partial charge in [-0.1, -0.05) is 11.6 Å². The van der Waals surface area contributed by atoms with Gasteiger partial charge in [-0.15, -0.1) is 0 Å². The van der Waals surface area contributed by atoms with E-state index < -0.39 is 11.4 Å². The Morgan fingerprint density at radius 3 is 2.43 bits per heavy atom. The molecule has 30 heavy (non-hydrogen) atoms. The largest absolute Gasteiger partial charge is 0.327 e. The molecule has 0 saturated heterocycles. The number of imidazole rings is 1. The number of carbonyl (C=O) groups is 1. The van der Waals surface area contributed by atoms with Crippen molar-refractivity contribution in [2.45, 2.75) is 25.9 Å². The number of rotatable bonds is 3. The van der Waals surface area contributed by atoms with E-state index in [9.17, 15) is 13.6 Å². The Kier molecular flexibility index (Phi) is 5.11. The van der Waals surface area contributed by atoms with Gasteiger partial charge < -0.3 is 15.2 Å². The summed E-state index contributed by atoms with van der Waals surface area (Å²) in [5.74, 6) is -0.356. The number of nitrogens with two attached hydrogens (primary N) is 1. The van der Waals surface area contributed by atoms with E-state index in [1.54, 1.807) is 29.2 Å². The van der Waals surface area contributed by atoms with Gasteiger partial charge in [0, 0.05) is 24.2 Å². The monoisotopic (exact) mass is 430 g/mol. The highest BCUT2D eigenvalue weighted by atomic mass is 35.5. The average molecular weight is 431 g/mol. The number of aromatic nitrogens is 2. The minimum atomic E-state index is -0.717. The molecule has 1 amide bonds. The van der Waals surface area contributed by atoms with Crippen LogP contribution in [0.2, 0.25) is 5.02 Å². The van der Waals surface area contributed by atoms with Gasteiger partial charge in [-0.2, -0.15) is 0 Å². The van der Waals surface area contributed by atoms with Crippen LogP contribution >= 0.6 is 11.6 Å². The maximum absolute atomic E-state index is 13.8. The van der Waals surface area contributed by atoms with Crippen LogP contribution in [-0.2, 0) is 16.9 Å². The van der Waals surface area contributed by atoms with Crippen LogP contribution in [0.25, 0.3) is 22.5 Å². The van der Waals surface area contributed by atoms with Gasteiger partial charge in [-0.05, 0) is 56.3 Å². The highest BCUT2D eigenvalue weighted by molar-refractivity contribution is 6.31. The molecule has 1 aliphatic rings. The van der Waals surface area contributed by atoms with Gasteiger partial charge in [0.05, 0.1) is 28.5 Å². The first-order valence-corrected chi connectivity index (χ1v) is 9.94. The van der Waals surface area contributed by atoms with Crippen molar-refractivity contribution in [2.75, 3.05) is 13.1 Å². The Bertz CT molecular complexity index is 1120. The number of amides is 1. The van der Waals surface area contributed by atoms with Crippen molar-refractivity contribution < 1.29 is 13.6 Å². The summed E-state index contributed by atoms with van der Waals surface area (Å²) in [6.07, 6.45) is 0. The Balaban J connectivity index is 1.97. The van der Waals surface area contributed by atoms with Gasteiger partial charge in [-0.3, -0.25) is 4.79 Å². The van der Waals surface area contributed by atoms with Crippen LogP contribution in [-0.4, -0.2) is 33.4 Å². The predicted molar refractivity (Wildman–Crippen MR) is 112 cm³/mol. The molecule has 5 nitrogen and oxygen atoms in total. The van der Waals surface area contributed by atoms with Crippen LogP contribution < -0.4 is 5.73 Å². The summed E-state index contributed by atoms with van der Waals surface area (Å²) >= 11 is 6.05. The van der Waals surface area contributed by atoms with E-state index in [4.69, 9.17) is 22.3 Å². The molecule has 0 atom stereocenters. The van der Waals surface area contributed by atoms with E-state index in [2.05, 4.69) is 0 Å². The molecule has 0 saturated carbocycles. The molecule has 4 rings (SSSR count). The third-order valence-corrected chi connectivity index (χ3v) is 5.81. The van der Waals surface area contributed by atoms with Gasteiger partial charge in [0.2, 0.25) is 5.91 Å². The molecule has 0 spiro atoms. The van der Waals surface area contributed by atoms with E-state index in [-0.39, 0.29) is 23.3 Å². The SMILES string of the molecule is CC1(C)c2nc(-c3ccc(F)cc3)c(-c3ccc(F)c(Cl)c3)n2CCN1C(=O)CN. The van der Waals surface area contributed by atoms with Crippen molar-refractivity contribution in [3.8, 4) is 22.5 Å². The predicted octanol–water partition coefficient (Wildman–Crippen LogP) is 4.18. The zero-order valence-corrected chi connectivity index (χ0v) is 17.4. The molecule has 0 aliphatic carbocycles. The van der Waals surface area contributed by atoms with Gasteiger partial charge in [0.15, 0.2) is 0 Å². The first kappa shape index (κ1) is 20.5. The Labute approximate surface area is 178 Å². The molecule has 0 radical (unpaired) electrons. The summed E-state index contributed by atoms with van der Waals surface area (Å²) in [6.45, 7) is 4.68. The number of benzene rings is 2. The van der Waals surface area contributed by atoms with Crippen LogP contribution in [0.15, 0.2) is 42.5 Å². The van der Waals surface area contributed by atoms with Gasteiger partial charge in [0.25, 0.3) is 0 Å². The lowest BCUT2D eigenvalue weighted by molar-refractivity contribution is -0.137. The molecule has 2 N–H and O–H groups in total. The number of halogens is 3. The number of carbonyl (C=O) groups excluding carboxylic acids is 1. The second-order valence-corrected chi connectivity index (χ2v) is 8.14. The van der Waals surface area contributed by atoms with E-state index in [0.29, 0.717) is 35.7 Å². The fraction of sp³-hybridized carbons (Fsp3) is 0.273. The summed E-state index contributed by atoms with van der Waals surface area (Å²) in [5.41, 5.74) is 7.64. The van der Waals surface area contributed by atoms with E-state index >= 15 is 0 Å². The lowest BCUT2D eigenvalue weighted by Gasteiger charge is -2.42. The molecule has 0 unspecified atom stereocenters. The third kappa shape index (κ3) is 3.28. The number of hydrogen-bond acceptors (Lipinski definition) is 3. The topological polar surface area (TPSA) is 64.2 Å². The first-order valence-electron chi connectivity index (χ1n) is 9.57. The van der Waals surface area contributed by atoms with Crippen molar-refractivity contribution >= 4 is 17.5 Å². The molecule has 2 aromatic carbocycles. The zero-order chi connectivity index (χ0) is 21.6. The summed E-state index contributed by atoms with van der Waals surface area (Å²) in [7, 11) is 0. The molecular weight excluding hydrogens is 410 g/mol. The quantitative estimate of drug-likeness (QED) is 0.677. The first-order chi connectivity index (χ1) is 14.2. The molecule has 1 aromatic heterocycles. The van der Waals surface area contributed by atoms with Gasteiger partial charge >= 0.3 is 0 Å². The molecule has 0 fully saturated rings. The number of nitrogens with zero attached hydrogens (tertiary/aromatic N) is 3. The fourth-order valence-corrected chi connectivity index (χ4v) is 4.21. The van der Waals surface area contributed by atoms with Crippen molar-refractivity contribution in [2.24, 2.45) is 5.73 Å². The average Bonchev–Trinajstić information content (AvgIpc) is 3.11. The Hall–Kier alpha value is -2.77. The van der Waals surface area contributed by atoms with Crippen molar-refractivity contribution in [3.63, 3.8) is 0 Å². The highest BCUT2D eigenvalue weighted by Crippen LogP contribution is 2.40. The number of fused-ring (bicyclic) bond motifs is 1. The van der Waals surface area contributed by atoms with Gasteiger partial charge in [-0.25, -0.2) is 13.8 Å². The maximum atomic E-state index is 13.8. The van der Waals surface area contributed by atoms with E-state index in [1.165, 1.54) is 18.2 Å². The van der Waals surface area contributed by atoms with Crippen LogP contribution in [0.4, 0.5) is 8.78 Å². The molecule has 8 heteroatoms. The summed E-state index contributed by atoms with van der Waals surface area (Å²) in [5, 5.41) is 0.00288. The van der Waals surface area contributed by atoms with Crippen molar-refractivity contribution in [1.82, 2.24) is 14.5 Å². The Morgan fingerprint density at radius 1 is 1.13 bits per heavy atom.